The van der Waals surface area contributed by atoms with E-state index in [1.807, 2.05) is 24.3 Å². The molecule has 0 bridgehead atoms. The number of amides is 2. The van der Waals surface area contributed by atoms with Gasteiger partial charge in [-0.25, -0.2) is 0 Å². The van der Waals surface area contributed by atoms with E-state index in [-0.39, 0.29) is 11.8 Å². The van der Waals surface area contributed by atoms with Crippen molar-refractivity contribution in [1.82, 2.24) is 10.6 Å². The normalized spacial score (nSPS) is 15.3. The summed E-state index contributed by atoms with van der Waals surface area (Å²) in [5, 5.41) is 9.02. The number of hydrogen-bond acceptors (Lipinski definition) is 3. The molecule has 0 aromatic heterocycles. The maximum atomic E-state index is 12.0. The Hall–Kier alpha value is -1.88. The molecule has 1 aromatic rings. The largest absolute Gasteiger partial charge is 0.352 e. The molecule has 1 aliphatic rings. The summed E-state index contributed by atoms with van der Waals surface area (Å²) in [4.78, 5) is 22.8. The van der Waals surface area contributed by atoms with E-state index in [9.17, 15) is 9.59 Å². The molecule has 0 spiro atoms. The first-order chi connectivity index (χ1) is 10.6. The van der Waals surface area contributed by atoms with Gasteiger partial charge in [-0.2, -0.15) is 0 Å². The quantitative estimate of drug-likeness (QED) is 0.753. The van der Waals surface area contributed by atoms with Crippen molar-refractivity contribution in [2.45, 2.75) is 39.2 Å². The Balaban J connectivity index is 1.72. The summed E-state index contributed by atoms with van der Waals surface area (Å²) in [6.07, 6.45) is 3.89. The van der Waals surface area contributed by atoms with Crippen LogP contribution in [0.25, 0.3) is 0 Å². The van der Waals surface area contributed by atoms with Crippen LogP contribution in [-0.2, 0) is 16.1 Å². The van der Waals surface area contributed by atoms with Crippen LogP contribution in [0.3, 0.4) is 0 Å². The average Bonchev–Trinajstić information content (AvgIpc) is 2.53. The van der Waals surface area contributed by atoms with E-state index in [0.717, 1.165) is 30.8 Å². The number of benzene rings is 1. The first-order valence-electron chi connectivity index (χ1n) is 7.97. The molecule has 3 N–H and O–H groups in total. The molecule has 1 aromatic carbocycles. The van der Waals surface area contributed by atoms with Crippen LogP contribution in [0.1, 0.15) is 38.2 Å². The molecule has 5 heteroatoms. The van der Waals surface area contributed by atoms with Gasteiger partial charge in [0.1, 0.15) is 0 Å². The monoisotopic (exact) mass is 303 g/mol. The molecular weight excluding hydrogens is 278 g/mol. The Morgan fingerprint density at radius 1 is 1.18 bits per heavy atom. The molecule has 1 aliphatic heterocycles. The fourth-order valence-electron chi connectivity index (χ4n) is 2.66. The molecule has 1 heterocycles. The zero-order chi connectivity index (χ0) is 15.8. The molecule has 0 atom stereocenters. The summed E-state index contributed by atoms with van der Waals surface area (Å²) in [6.45, 7) is 4.15. The molecule has 0 saturated carbocycles. The fourth-order valence-corrected chi connectivity index (χ4v) is 2.66. The van der Waals surface area contributed by atoms with Gasteiger partial charge in [-0.3, -0.25) is 9.59 Å². The van der Waals surface area contributed by atoms with Crippen molar-refractivity contribution < 1.29 is 9.59 Å². The van der Waals surface area contributed by atoms with E-state index in [2.05, 4.69) is 16.0 Å². The molecular formula is C17H25N3O2. The summed E-state index contributed by atoms with van der Waals surface area (Å²) >= 11 is 0. The van der Waals surface area contributed by atoms with Crippen LogP contribution < -0.4 is 16.0 Å². The lowest BCUT2D eigenvalue weighted by Crippen LogP contribution is -2.28. The third-order valence-corrected chi connectivity index (χ3v) is 4.02. The second-order valence-electron chi connectivity index (χ2n) is 5.89. The Labute approximate surface area is 131 Å². The van der Waals surface area contributed by atoms with Gasteiger partial charge in [-0.1, -0.05) is 12.1 Å². The third-order valence-electron chi connectivity index (χ3n) is 4.02. The first-order valence-corrected chi connectivity index (χ1v) is 7.97. The van der Waals surface area contributed by atoms with Gasteiger partial charge in [0, 0.05) is 25.6 Å². The minimum Gasteiger partial charge on any atom is -0.352 e. The van der Waals surface area contributed by atoms with E-state index in [1.165, 1.54) is 19.8 Å². The van der Waals surface area contributed by atoms with Gasteiger partial charge in [-0.15, -0.1) is 0 Å². The van der Waals surface area contributed by atoms with Crippen LogP contribution in [0, 0.1) is 5.92 Å². The minimum absolute atomic E-state index is 0.0460. The highest BCUT2D eigenvalue weighted by Crippen LogP contribution is 2.18. The van der Waals surface area contributed by atoms with Crippen LogP contribution in [-0.4, -0.2) is 24.9 Å². The Bertz CT molecular complexity index is 493. The van der Waals surface area contributed by atoms with Gasteiger partial charge in [0.2, 0.25) is 11.8 Å². The Kier molecular flexibility index (Phi) is 6.40. The number of anilines is 1. The number of rotatable bonds is 6. The Morgan fingerprint density at radius 3 is 2.50 bits per heavy atom. The Morgan fingerprint density at radius 2 is 1.86 bits per heavy atom. The van der Waals surface area contributed by atoms with E-state index in [0.29, 0.717) is 18.9 Å². The van der Waals surface area contributed by atoms with Gasteiger partial charge in [-0.05, 0) is 56.0 Å². The van der Waals surface area contributed by atoms with Crippen molar-refractivity contribution in [1.29, 1.82) is 0 Å². The predicted octanol–water partition coefficient (Wildman–Crippen LogP) is 2.04. The van der Waals surface area contributed by atoms with Crippen molar-refractivity contribution in [2.75, 3.05) is 18.4 Å². The SMILES string of the molecule is CC(=O)NCc1ccc(NC(=O)CCC2CCNCC2)cc1. The van der Waals surface area contributed by atoms with E-state index in [4.69, 9.17) is 0 Å². The van der Waals surface area contributed by atoms with Gasteiger partial charge < -0.3 is 16.0 Å². The number of carbonyl (C=O) groups excluding carboxylic acids is 2. The molecule has 120 valence electrons. The summed E-state index contributed by atoms with van der Waals surface area (Å²) in [6, 6.07) is 7.58. The molecule has 0 aliphatic carbocycles. The van der Waals surface area contributed by atoms with E-state index < -0.39 is 0 Å². The number of piperidine rings is 1. The van der Waals surface area contributed by atoms with Crippen LogP contribution in [0.4, 0.5) is 5.69 Å². The predicted molar refractivity (Wildman–Crippen MR) is 87.4 cm³/mol. The van der Waals surface area contributed by atoms with Crippen LogP contribution in [0.5, 0.6) is 0 Å². The highest BCUT2D eigenvalue weighted by Gasteiger charge is 2.14. The van der Waals surface area contributed by atoms with Crippen molar-refractivity contribution in [3.63, 3.8) is 0 Å². The third kappa shape index (κ3) is 5.85. The van der Waals surface area contributed by atoms with Crippen LogP contribution in [0.2, 0.25) is 0 Å². The van der Waals surface area contributed by atoms with Gasteiger partial charge in [0.15, 0.2) is 0 Å². The van der Waals surface area contributed by atoms with E-state index >= 15 is 0 Å². The lowest BCUT2D eigenvalue weighted by molar-refractivity contribution is -0.119. The molecule has 2 amide bonds. The smallest absolute Gasteiger partial charge is 0.224 e. The maximum absolute atomic E-state index is 12.0. The summed E-state index contributed by atoms with van der Waals surface area (Å²) in [7, 11) is 0. The molecule has 0 radical (unpaired) electrons. The fraction of sp³-hybridized carbons (Fsp3) is 0.529. The number of carbonyl (C=O) groups is 2. The number of hydrogen-bond donors (Lipinski definition) is 3. The first kappa shape index (κ1) is 16.5. The molecule has 1 saturated heterocycles. The molecule has 22 heavy (non-hydrogen) atoms. The highest BCUT2D eigenvalue weighted by atomic mass is 16.2. The van der Waals surface area contributed by atoms with Crippen molar-refractivity contribution in [2.24, 2.45) is 5.92 Å². The second-order valence-corrected chi connectivity index (χ2v) is 5.89. The van der Waals surface area contributed by atoms with Gasteiger partial charge in [0.05, 0.1) is 0 Å². The summed E-state index contributed by atoms with van der Waals surface area (Å²) in [5.41, 5.74) is 1.82. The topological polar surface area (TPSA) is 70.2 Å². The lowest BCUT2D eigenvalue weighted by Gasteiger charge is -2.22. The molecule has 5 nitrogen and oxygen atoms in total. The van der Waals surface area contributed by atoms with Crippen molar-refractivity contribution in [3.8, 4) is 0 Å². The zero-order valence-corrected chi connectivity index (χ0v) is 13.2. The second kappa shape index (κ2) is 8.54. The standard InChI is InChI=1S/C17H25N3O2/c1-13(21)19-12-15-2-5-16(6-3-15)20-17(22)7-4-14-8-10-18-11-9-14/h2-3,5-6,14,18H,4,7-12H2,1H3,(H,19,21)(H,20,22). The lowest BCUT2D eigenvalue weighted by atomic mass is 9.93. The van der Waals surface area contributed by atoms with E-state index in [1.54, 1.807) is 0 Å². The summed E-state index contributed by atoms with van der Waals surface area (Å²) < 4.78 is 0. The zero-order valence-electron chi connectivity index (χ0n) is 13.2. The molecule has 2 rings (SSSR count). The molecule has 0 unspecified atom stereocenters. The number of nitrogens with one attached hydrogen (secondary N) is 3. The van der Waals surface area contributed by atoms with Crippen molar-refractivity contribution in [3.05, 3.63) is 29.8 Å². The van der Waals surface area contributed by atoms with Crippen LogP contribution in [0.15, 0.2) is 24.3 Å². The van der Waals surface area contributed by atoms with Gasteiger partial charge in [0.25, 0.3) is 0 Å². The molecule has 1 fully saturated rings. The highest BCUT2D eigenvalue weighted by molar-refractivity contribution is 5.90. The maximum Gasteiger partial charge on any atom is 0.224 e. The van der Waals surface area contributed by atoms with Crippen LogP contribution >= 0.6 is 0 Å². The average molecular weight is 303 g/mol. The van der Waals surface area contributed by atoms with Gasteiger partial charge >= 0.3 is 0 Å². The van der Waals surface area contributed by atoms with Crippen molar-refractivity contribution >= 4 is 17.5 Å². The summed E-state index contributed by atoms with van der Waals surface area (Å²) in [5.74, 6) is 0.704. The minimum atomic E-state index is -0.0460.